The fourth-order valence-electron chi connectivity index (χ4n) is 3.94. The van der Waals surface area contributed by atoms with Crippen molar-refractivity contribution >= 4 is 61.9 Å². The molecule has 0 saturated carbocycles. The minimum absolute atomic E-state index is 0.546. The van der Waals surface area contributed by atoms with E-state index in [2.05, 4.69) is 35.8 Å². The number of fused-ring (bicyclic) bond motifs is 3. The minimum atomic E-state index is 0.546. The van der Waals surface area contributed by atoms with Crippen LogP contribution in [0.15, 0.2) is 67.1 Å². The number of hydrogen-bond donors (Lipinski definition) is 4. The van der Waals surface area contributed by atoms with Crippen LogP contribution in [0.1, 0.15) is 5.56 Å². The molecule has 33 heavy (non-hydrogen) atoms. The van der Waals surface area contributed by atoms with Gasteiger partial charge in [-0.25, -0.2) is 4.98 Å². The Morgan fingerprint density at radius 2 is 1.97 bits per heavy atom. The number of halogens is 1. The van der Waals surface area contributed by atoms with Crippen LogP contribution in [0.4, 0.5) is 17.5 Å². The molecular weight excluding hydrogens is 436 g/mol. The number of benzene rings is 2. The lowest BCUT2D eigenvalue weighted by Crippen LogP contribution is -2.09. The van der Waals surface area contributed by atoms with Crippen molar-refractivity contribution in [1.29, 1.82) is 0 Å². The smallest absolute Gasteiger partial charge is 0.225 e. The second-order valence-electron chi connectivity index (χ2n) is 7.74. The van der Waals surface area contributed by atoms with Crippen LogP contribution in [0.2, 0.25) is 5.02 Å². The van der Waals surface area contributed by atoms with Gasteiger partial charge in [-0.2, -0.15) is 10.1 Å². The van der Waals surface area contributed by atoms with Crippen LogP contribution in [-0.2, 0) is 6.42 Å². The van der Waals surface area contributed by atoms with Crippen molar-refractivity contribution in [3.8, 4) is 0 Å². The van der Waals surface area contributed by atoms with Crippen LogP contribution >= 0.6 is 11.6 Å². The number of aromatic nitrogens is 6. The van der Waals surface area contributed by atoms with Crippen molar-refractivity contribution in [1.82, 2.24) is 30.1 Å². The molecule has 0 fully saturated rings. The number of hydrogen-bond acceptors (Lipinski definition) is 6. The van der Waals surface area contributed by atoms with Crippen LogP contribution in [-0.4, -0.2) is 36.7 Å². The van der Waals surface area contributed by atoms with Gasteiger partial charge in [0.05, 0.1) is 28.3 Å². The summed E-state index contributed by atoms with van der Waals surface area (Å²) in [6.07, 6.45) is 6.39. The molecule has 0 bridgehead atoms. The molecule has 6 aromatic rings. The van der Waals surface area contributed by atoms with Gasteiger partial charge in [-0.15, -0.1) is 0 Å². The molecule has 4 aromatic heterocycles. The summed E-state index contributed by atoms with van der Waals surface area (Å²) in [5.41, 5.74) is 5.86. The first-order valence-corrected chi connectivity index (χ1v) is 10.9. The van der Waals surface area contributed by atoms with E-state index in [1.165, 1.54) is 0 Å². The number of H-pyrrole nitrogens is 2. The van der Waals surface area contributed by atoms with Crippen molar-refractivity contribution in [3.05, 3.63) is 77.7 Å². The number of nitrogens with zero attached hydrogens (tertiary/aromatic N) is 4. The van der Waals surface area contributed by atoms with Gasteiger partial charge in [-0.05, 0) is 60.5 Å². The third-order valence-corrected chi connectivity index (χ3v) is 5.79. The molecule has 0 spiro atoms. The number of pyridine rings is 1. The van der Waals surface area contributed by atoms with E-state index in [-0.39, 0.29) is 0 Å². The minimum Gasteiger partial charge on any atom is -0.360 e. The zero-order valence-electron chi connectivity index (χ0n) is 17.4. The fourth-order valence-corrected chi connectivity index (χ4v) is 4.11. The van der Waals surface area contributed by atoms with E-state index < -0.39 is 0 Å². The molecular formula is C24H19ClN8. The number of anilines is 3. The van der Waals surface area contributed by atoms with E-state index in [1.54, 1.807) is 6.20 Å². The third-order valence-electron chi connectivity index (χ3n) is 5.55. The molecule has 0 radical (unpaired) electrons. The van der Waals surface area contributed by atoms with E-state index in [9.17, 15) is 0 Å². The molecule has 9 heteroatoms. The maximum absolute atomic E-state index is 6.27. The summed E-state index contributed by atoms with van der Waals surface area (Å²) in [7, 11) is 0. The molecule has 2 aromatic carbocycles. The standard InChI is InChI=1S/C24H19ClN8/c25-16-3-5-20-18(11-16)23(30-17-4-6-19-15(10-17)13-29-33-19)32-24(31-20)27-9-7-14-12-28-21-2-1-8-26-22(14)21/h1-6,8,10-13,28H,7,9H2,(H,29,33)(H2,27,30,31,32). The van der Waals surface area contributed by atoms with Crippen LogP contribution in [0.3, 0.4) is 0 Å². The highest BCUT2D eigenvalue weighted by molar-refractivity contribution is 6.31. The van der Waals surface area contributed by atoms with Crippen LogP contribution in [0.25, 0.3) is 32.8 Å². The topological polar surface area (TPSA) is 107 Å². The summed E-state index contributed by atoms with van der Waals surface area (Å²) in [6.45, 7) is 0.670. The van der Waals surface area contributed by atoms with Gasteiger partial charge in [-0.3, -0.25) is 10.1 Å². The van der Waals surface area contributed by atoms with E-state index >= 15 is 0 Å². The number of rotatable bonds is 6. The monoisotopic (exact) mass is 454 g/mol. The first kappa shape index (κ1) is 19.5. The van der Waals surface area contributed by atoms with Gasteiger partial charge < -0.3 is 15.6 Å². The Balaban J connectivity index is 1.28. The molecule has 0 aliphatic heterocycles. The zero-order chi connectivity index (χ0) is 22.2. The molecule has 0 atom stereocenters. The van der Waals surface area contributed by atoms with Crippen molar-refractivity contribution in [2.24, 2.45) is 0 Å². The lowest BCUT2D eigenvalue weighted by molar-refractivity contribution is 0.995. The molecule has 0 unspecified atom stereocenters. The average molecular weight is 455 g/mol. The Morgan fingerprint density at radius 1 is 1.00 bits per heavy atom. The predicted octanol–water partition coefficient (Wildman–Crippen LogP) is 5.43. The predicted molar refractivity (Wildman–Crippen MR) is 132 cm³/mol. The molecule has 4 N–H and O–H groups in total. The lowest BCUT2D eigenvalue weighted by Gasteiger charge is -2.12. The maximum atomic E-state index is 6.27. The molecule has 0 aliphatic rings. The average Bonchev–Trinajstić information content (AvgIpc) is 3.46. The van der Waals surface area contributed by atoms with Crippen LogP contribution in [0, 0.1) is 0 Å². The SMILES string of the molecule is Clc1ccc2nc(NCCc3c[nH]c4cccnc34)nc(Nc3ccc4[nH]ncc4c3)c2c1. The molecule has 0 amide bonds. The van der Waals surface area contributed by atoms with E-state index in [1.807, 2.05) is 60.9 Å². The van der Waals surface area contributed by atoms with Gasteiger partial charge in [-0.1, -0.05) is 11.6 Å². The Labute approximate surface area is 193 Å². The zero-order valence-corrected chi connectivity index (χ0v) is 18.2. The second kappa shape index (κ2) is 8.07. The molecule has 6 rings (SSSR count). The summed E-state index contributed by atoms with van der Waals surface area (Å²) in [4.78, 5) is 17.2. The molecule has 162 valence electrons. The van der Waals surface area contributed by atoms with E-state index in [0.29, 0.717) is 23.3 Å². The van der Waals surface area contributed by atoms with Gasteiger partial charge >= 0.3 is 0 Å². The Bertz CT molecular complexity index is 1600. The number of aromatic amines is 2. The van der Waals surface area contributed by atoms with E-state index in [4.69, 9.17) is 16.6 Å². The normalized spacial score (nSPS) is 11.4. The summed E-state index contributed by atoms with van der Waals surface area (Å²) in [5.74, 6) is 1.23. The quantitative estimate of drug-likeness (QED) is 0.267. The van der Waals surface area contributed by atoms with Crippen LogP contribution in [0.5, 0.6) is 0 Å². The summed E-state index contributed by atoms with van der Waals surface area (Å²) < 4.78 is 0. The van der Waals surface area contributed by atoms with Crippen molar-refractivity contribution in [2.75, 3.05) is 17.2 Å². The Hall–Kier alpha value is -4.17. The first-order chi connectivity index (χ1) is 16.2. The van der Waals surface area contributed by atoms with Crippen molar-refractivity contribution < 1.29 is 0 Å². The van der Waals surface area contributed by atoms with Gasteiger partial charge in [0, 0.05) is 40.4 Å². The van der Waals surface area contributed by atoms with Gasteiger partial charge in [0.1, 0.15) is 5.82 Å². The molecule has 4 heterocycles. The van der Waals surface area contributed by atoms with Crippen molar-refractivity contribution in [3.63, 3.8) is 0 Å². The summed E-state index contributed by atoms with van der Waals surface area (Å²) >= 11 is 6.27. The highest BCUT2D eigenvalue weighted by atomic mass is 35.5. The lowest BCUT2D eigenvalue weighted by atomic mass is 10.2. The maximum Gasteiger partial charge on any atom is 0.225 e. The Morgan fingerprint density at radius 3 is 2.94 bits per heavy atom. The van der Waals surface area contributed by atoms with Gasteiger partial charge in [0.2, 0.25) is 5.95 Å². The fraction of sp³-hybridized carbons (Fsp3) is 0.0833. The third kappa shape index (κ3) is 3.81. The second-order valence-corrected chi connectivity index (χ2v) is 8.18. The largest absolute Gasteiger partial charge is 0.360 e. The summed E-state index contributed by atoms with van der Waals surface area (Å²) in [5, 5.41) is 16.3. The number of nitrogens with one attached hydrogen (secondary N) is 4. The highest BCUT2D eigenvalue weighted by Crippen LogP contribution is 2.29. The molecule has 0 saturated heterocycles. The van der Waals surface area contributed by atoms with Crippen LogP contribution < -0.4 is 10.6 Å². The van der Waals surface area contributed by atoms with Gasteiger partial charge in [0.25, 0.3) is 0 Å². The van der Waals surface area contributed by atoms with Gasteiger partial charge in [0.15, 0.2) is 0 Å². The molecule has 0 aliphatic carbocycles. The Kier molecular flexibility index (Phi) is 4.77. The highest BCUT2D eigenvalue weighted by Gasteiger charge is 2.11. The van der Waals surface area contributed by atoms with E-state index in [0.717, 1.165) is 50.5 Å². The first-order valence-electron chi connectivity index (χ1n) is 10.6. The summed E-state index contributed by atoms with van der Waals surface area (Å²) in [6, 6.07) is 15.5. The molecule has 8 nitrogen and oxygen atoms in total. The van der Waals surface area contributed by atoms with Crippen molar-refractivity contribution in [2.45, 2.75) is 6.42 Å².